The number of nitrogens with one attached hydrogen (secondary N) is 1. The molecule has 0 radical (unpaired) electrons. The highest BCUT2D eigenvalue weighted by molar-refractivity contribution is 5.94. The van der Waals surface area contributed by atoms with E-state index in [0.717, 1.165) is 28.1 Å². The summed E-state index contributed by atoms with van der Waals surface area (Å²) < 4.78 is 7.26. The van der Waals surface area contributed by atoms with Gasteiger partial charge in [0.05, 0.1) is 17.3 Å². The molecule has 1 N–H and O–H groups in total. The van der Waals surface area contributed by atoms with Gasteiger partial charge in [-0.15, -0.1) is 0 Å². The maximum Gasteiger partial charge on any atom is 0.289 e. The van der Waals surface area contributed by atoms with E-state index in [1.165, 1.54) is 6.26 Å². The number of fused-ring (bicyclic) bond motifs is 1. The third-order valence-corrected chi connectivity index (χ3v) is 6.08. The van der Waals surface area contributed by atoms with E-state index in [9.17, 15) is 9.59 Å². The number of aryl methyl sites for hydroxylation is 1. The van der Waals surface area contributed by atoms with Crippen LogP contribution in [0.5, 0.6) is 0 Å². The van der Waals surface area contributed by atoms with Crippen LogP contribution in [0, 0.1) is 5.92 Å². The normalized spacial score (nSPS) is 14.6. The Kier molecular flexibility index (Phi) is 5.23. The van der Waals surface area contributed by atoms with E-state index in [-0.39, 0.29) is 17.7 Å². The highest BCUT2D eigenvalue weighted by Gasteiger charge is 2.28. The van der Waals surface area contributed by atoms with Gasteiger partial charge in [-0.3, -0.25) is 9.59 Å². The molecule has 1 aliphatic rings. The number of carbonyl (C=O) groups excluding carboxylic acids is 2. The average molecular weight is 428 g/mol. The van der Waals surface area contributed by atoms with Crippen LogP contribution in [0.25, 0.3) is 22.4 Å². The number of furan rings is 1. The predicted molar refractivity (Wildman–Crippen MR) is 122 cm³/mol. The topological polar surface area (TPSA) is 80.4 Å². The van der Waals surface area contributed by atoms with Gasteiger partial charge in [0.15, 0.2) is 5.76 Å². The van der Waals surface area contributed by atoms with Crippen LogP contribution in [0.3, 0.4) is 0 Å². The van der Waals surface area contributed by atoms with Crippen LogP contribution in [-0.2, 0) is 11.8 Å². The lowest BCUT2D eigenvalue weighted by Crippen LogP contribution is -2.41. The molecule has 0 unspecified atom stereocenters. The van der Waals surface area contributed by atoms with Gasteiger partial charge in [-0.05, 0) is 61.4 Å². The second kappa shape index (κ2) is 8.34. The number of nitrogens with zero attached hydrogens (tertiary/aromatic N) is 3. The fourth-order valence-electron chi connectivity index (χ4n) is 4.25. The SMILES string of the molecule is Cn1c(-c2ccc(NC(=O)C3CCN(C(=O)c4ccco4)CC3)cc2)nc2ccccc21. The predicted octanol–water partition coefficient (Wildman–Crippen LogP) is 4.32. The molecular formula is C25H24N4O3. The minimum absolute atomic E-state index is 0.00872. The number of hydrogen-bond acceptors (Lipinski definition) is 4. The smallest absolute Gasteiger partial charge is 0.289 e. The third-order valence-electron chi connectivity index (χ3n) is 6.08. The summed E-state index contributed by atoms with van der Waals surface area (Å²) in [6.07, 6.45) is 2.77. The zero-order valence-corrected chi connectivity index (χ0v) is 17.8. The molecule has 5 rings (SSSR count). The fraction of sp³-hybridized carbons (Fsp3) is 0.240. The molecule has 32 heavy (non-hydrogen) atoms. The summed E-state index contributed by atoms with van der Waals surface area (Å²) in [7, 11) is 2.00. The van der Waals surface area contributed by atoms with Gasteiger partial charge in [0, 0.05) is 37.3 Å². The molecule has 2 aromatic heterocycles. The Labute approximate surface area is 185 Å². The first-order chi connectivity index (χ1) is 15.6. The molecule has 3 heterocycles. The molecule has 0 atom stereocenters. The minimum Gasteiger partial charge on any atom is -0.459 e. The Balaban J connectivity index is 1.21. The molecular weight excluding hydrogens is 404 g/mol. The van der Waals surface area contributed by atoms with Crippen molar-refractivity contribution in [1.29, 1.82) is 0 Å². The third kappa shape index (κ3) is 3.77. The van der Waals surface area contributed by atoms with Crippen molar-refractivity contribution in [2.45, 2.75) is 12.8 Å². The summed E-state index contributed by atoms with van der Waals surface area (Å²) in [5.74, 6) is 0.985. The van der Waals surface area contributed by atoms with Gasteiger partial charge in [0.1, 0.15) is 5.82 Å². The first kappa shape index (κ1) is 20.1. The van der Waals surface area contributed by atoms with E-state index in [4.69, 9.17) is 9.40 Å². The molecule has 162 valence electrons. The summed E-state index contributed by atoms with van der Waals surface area (Å²) in [6, 6.07) is 19.2. The number of piperidine rings is 1. The van der Waals surface area contributed by atoms with E-state index >= 15 is 0 Å². The number of carbonyl (C=O) groups is 2. The van der Waals surface area contributed by atoms with Gasteiger partial charge < -0.3 is 19.2 Å². The maximum atomic E-state index is 12.7. The summed E-state index contributed by atoms with van der Waals surface area (Å²) in [5, 5.41) is 3.02. The van der Waals surface area contributed by atoms with Crippen molar-refractivity contribution in [1.82, 2.24) is 14.5 Å². The van der Waals surface area contributed by atoms with Crippen LogP contribution in [0.4, 0.5) is 5.69 Å². The molecule has 1 saturated heterocycles. The molecule has 0 saturated carbocycles. The number of hydrogen-bond donors (Lipinski definition) is 1. The van der Waals surface area contributed by atoms with Gasteiger partial charge in [-0.25, -0.2) is 4.98 Å². The van der Waals surface area contributed by atoms with Crippen LogP contribution in [0.2, 0.25) is 0 Å². The van der Waals surface area contributed by atoms with Gasteiger partial charge in [0.2, 0.25) is 5.91 Å². The van der Waals surface area contributed by atoms with Crippen molar-refractivity contribution in [3.63, 3.8) is 0 Å². The van der Waals surface area contributed by atoms with Crippen LogP contribution >= 0.6 is 0 Å². The number of benzene rings is 2. The summed E-state index contributed by atoms with van der Waals surface area (Å²) in [4.78, 5) is 31.6. The standard InChI is InChI=1S/C25H24N4O3/c1-28-21-6-3-2-5-20(21)27-23(28)17-8-10-19(11-9-17)26-24(30)18-12-14-29(15-13-18)25(31)22-7-4-16-32-22/h2-11,16,18H,12-15H2,1H3,(H,26,30). The van der Waals surface area contributed by atoms with Crippen LogP contribution < -0.4 is 5.32 Å². The number of rotatable bonds is 4. The number of aromatic nitrogens is 2. The van der Waals surface area contributed by atoms with Crippen LogP contribution in [0.15, 0.2) is 71.3 Å². The second-order valence-corrected chi connectivity index (χ2v) is 8.09. The van der Waals surface area contributed by atoms with Gasteiger partial charge in [-0.1, -0.05) is 12.1 Å². The average Bonchev–Trinajstić information content (AvgIpc) is 3.48. The molecule has 7 nitrogen and oxygen atoms in total. The van der Waals surface area contributed by atoms with Gasteiger partial charge >= 0.3 is 0 Å². The highest BCUT2D eigenvalue weighted by Crippen LogP contribution is 2.26. The summed E-state index contributed by atoms with van der Waals surface area (Å²) >= 11 is 0. The minimum atomic E-state index is -0.119. The monoisotopic (exact) mass is 428 g/mol. The zero-order valence-electron chi connectivity index (χ0n) is 17.8. The maximum absolute atomic E-state index is 12.7. The molecule has 0 bridgehead atoms. The lowest BCUT2D eigenvalue weighted by Gasteiger charge is -2.30. The Morgan fingerprint density at radius 2 is 1.75 bits per heavy atom. The molecule has 2 aromatic carbocycles. The Morgan fingerprint density at radius 3 is 2.44 bits per heavy atom. The van der Waals surface area contributed by atoms with Crippen molar-refractivity contribution < 1.29 is 14.0 Å². The first-order valence-corrected chi connectivity index (χ1v) is 10.8. The van der Waals surface area contributed by atoms with Crippen molar-refractivity contribution >= 4 is 28.5 Å². The number of likely N-dealkylation sites (tertiary alicyclic amines) is 1. The quantitative estimate of drug-likeness (QED) is 0.525. The Hall–Kier alpha value is -3.87. The zero-order chi connectivity index (χ0) is 22.1. The van der Waals surface area contributed by atoms with Gasteiger partial charge in [0.25, 0.3) is 5.91 Å². The molecule has 7 heteroatoms. The summed E-state index contributed by atoms with van der Waals surface area (Å²) in [6.45, 7) is 1.09. The first-order valence-electron chi connectivity index (χ1n) is 10.8. The molecule has 4 aromatic rings. The number of anilines is 1. The molecule has 0 aliphatic carbocycles. The molecule has 1 fully saturated rings. The van der Waals surface area contributed by atoms with E-state index in [1.807, 2.05) is 55.6 Å². The number of para-hydroxylation sites is 2. The number of imidazole rings is 1. The lowest BCUT2D eigenvalue weighted by atomic mass is 9.95. The van der Waals surface area contributed by atoms with Gasteiger partial charge in [-0.2, -0.15) is 0 Å². The molecule has 0 spiro atoms. The molecule has 2 amide bonds. The Bertz CT molecular complexity index is 1250. The van der Waals surface area contributed by atoms with E-state index in [1.54, 1.807) is 17.0 Å². The van der Waals surface area contributed by atoms with Crippen LogP contribution in [-0.4, -0.2) is 39.4 Å². The van der Waals surface area contributed by atoms with E-state index < -0.39 is 0 Å². The van der Waals surface area contributed by atoms with Crippen LogP contribution in [0.1, 0.15) is 23.4 Å². The van der Waals surface area contributed by atoms with Crippen molar-refractivity contribution in [3.8, 4) is 11.4 Å². The highest BCUT2D eigenvalue weighted by atomic mass is 16.3. The van der Waals surface area contributed by atoms with E-state index in [2.05, 4.69) is 9.88 Å². The van der Waals surface area contributed by atoms with Crippen molar-refractivity contribution in [2.75, 3.05) is 18.4 Å². The number of amides is 2. The second-order valence-electron chi connectivity index (χ2n) is 8.09. The summed E-state index contributed by atoms with van der Waals surface area (Å²) in [5.41, 5.74) is 3.79. The lowest BCUT2D eigenvalue weighted by molar-refractivity contribution is -0.121. The fourth-order valence-corrected chi connectivity index (χ4v) is 4.25. The molecule has 1 aliphatic heterocycles. The Morgan fingerprint density at radius 1 is 1.00 bits per heavy atom. The van der Waals surface area contributed by atoms with Crippen molar-refractivity contribution in [2.24, 2.45) is 13.0 Å². The van der Waals surface area contributed by atoms with E-state index in [0.29, 0.717) is 31.7 Å². The largest absolute Gasteiger partial charge is 0.459 e. The van der Waals surface area contributed by atoms with Crippen molar-refractivity contribution in [3.05, 3.63) is 72.7 Å².